The van der Waals surface area contributed by atoms with Crippen molar-refractivity contribution in [2.24, 2.45) is 0 Å². The zero-order chi connectivity index (χ0) is 27.5. The van der Waals surface area contributed by atoms with Gasteiger partial charge < -0.3 is 19.4 Å². The normalized spacial score (nSPS) is 14.9. The SMILES string of the molecule is C=C/C(=C1\COc2ccccc21)c1cc(C(C)(C)O)c(-c2cccc3c2oc2ccccc23)cc1C(C)(C)O. The molecular weight excluding hydrogens is 484 g/mol. The molecule has 0 fully saturated rings. The largest absolute Gasteiger partial charge is 0.488 e. The average Bonchev–Trinajstić information content (AvgIpc) is 3.50. The lowest BCUT2D eigenvalue weighted by Crippen LogP contribution is -2.22. The molecule has 0 saturated carbocycles. The molecule has 2 heterocycles. The van der Waals surface area contributed by atoms with Gasteiger partial charge in [0, 0.05) is 27.5 Å². The third-order valence-corrected chi connectivity index (χ3v) is 7.57. The number of rotatable bonds is 5. The highest BCUT2D eigenvalue weighted by atomic mass is 16.5. The zero-order valence-corrected chi connectivity index (χ0v) is 22.7. The first-order chi connectivity index (χ1) is 18.6. The summed E-state index contributed by atoms with van der Waals surface area (Å²) in [6.07, 6.45) is 1.82. The lowest BCUT2D eigenvalue weighted by atomic mass is 9.79. The van der Waals surface area contributed by atoms with E-state index in [4.69, 9.17) is 9.15 Å². The van der Waals surface area contributed by atoms with E-state index in [9.17, 15) is 10.2 Å². The van der Waals surface area contributed by atoms with Crippen molar-refractivity contribution >= 4 is 33.1 Å². The molecule has 4 aromatic carbocycles. The van der Waals surface area contributed by atoms with Gasteiger partial charge in [-0.2, -0.15) is 0 Å². The average molecular weight is 517 g/mol. The second-order valence-electron chi connectivity index (χ2n) is 11.2. The van der Waals surface area contributed by atoms with E-state index in [0.29, 0.717) is 6.61 Å². The number of aliphatic hydroxyl groups is 2. The van der Waals surface area contributed by atoms with Gasteiger partial charge in [0.1, 0.15) is 23.5 Å². The van der Waals surface area contributed by atoms with Crippen molar-refractivity contribution in [1.82, 2.24) is 0 Å². The number of para-hydroxylation sites is 3. The Morgan fingerprint density at radius 2 is 1.44 bits per heavy atom. The Morgan fingerprint density at radius 1 is 0.769 bits per heavy atom. The molecule has 39 heavy (non-hydrogen) atoms. The molecule has 1 aliphatic rings. The van der Waals surface area contributed by atoms with Gasteiger partial charge in [-0.15, -0.1) is 0 Å². The molecule has 0 atom stereocenters. The van der Waals surface area contributed by atoms with E-state index < -0.39 is 11.2 Å². The zero-order valence-electron chi connectivity index (χ0n) is 22.7. The molecule has 1 aliphatic heterocycles. The van der Waals surface area contributed by atoms with Crippen LogP contribution in [0.1, 0.15) is 49.9 Å². The maximum atomic E-state index is 11.5. The highest BCUT2D eigenvalue weighted by molar-refractivity contribution is 6.10. The Kier molecular flexibility index (Phi) is 5.79. The van der Waals surface area contributed by atoms with Gasteiger partial charge in [0.25, 0.3) is 0 Å². The van der Waals surface area contributed by atoms with Gasteiger partial charge >= 0.3 is 0 Å². The summed E-state index contributed by atoms with van der Waals surface area (Å²) in [7, 11) is 0. The Balaban J connectivity index is 1.69. The summed E-state index contributed by atoms with van der Waals surface area (Å²) < 4.78 is 12.3. The third-order valence-electron chi connectivity index (χ3n) is 7.57. The molecule has 1 aromatic heterocycles. The van der Waals surface area contributed by atoms with Gasteiger partial charge in [-0.25, -0.2) is 0 Å². The minimum Gasteiger partial charge on any atom is -0.488 e. The fourth-order valence-electron chi connectivity index (χ4n) is 5.71. The predicted molar refractivity (Wildman–Crippen MR) is 159 cm³/mol. The number of allylic oxidation sites excluding steroid dienone is 2. The number of furan rings is 1. The van der Waals surface area contributed by atoms with Crippen LogP contribution in [-0.2, 0) is 11.2 Å². The molecule has 0 spiro atoms. The Labute approximate surface area is 228 Å². The summed E-state index contributed by atoms with van der Waals surface area (Å²) in [5.74, 6) is 0.826. The molecule has 0 aliphatic carbocycles. The second-order valence-corrected chi connectivity index (χ2v) is 11.2. The highest BCUT2D eigenvalue weighted by Crippen LogP contribution is 2.45. The molecule has 5 aromatic rings. The Hall–Kier alpha value is -4.12. The van der Waals surface area contributed by atoms with Crippen molar-refractivity contribution in [3.05, 3.63) is 114 Å². The molecule has 0 bridgehead atoms. The van der Waals surface area contributed by atoms with Crippen molar-refractivity contribution in [3.8, 4) is 16.9 Å². The van der Waals surface area contributed by atoms with Crippen LogP contribution in [0.25, 0.3) is 44.2 Å². The molecular formula is C35H32O4. The number of benzene rings is 4. The van der Waals surface area contributed by atoms with E-state index in [2.05, 4.69) is 18.7 Å². The summed E-state index contributed by atoms with van der Waals surface area (Å²) in [4.78, 5) is 0. The molecule has 6 rings (SSSR count). The highest BCUT2D eigenvalue weighted by Gasteiger charge is 2.31. The topological polar surface area (TPSA) is 62.8 Å². The van der Waals surface area contributed by atoms with Gasteiger partial charge in [0.15, 0.2) is 0 Å². The first-order valence-electron chi connectivity index (χ1n) is 13.2. The summed E-state index contributed by atoms with van der Waals surface area (Å²) in [5.41, 5.74) is 6.01. The summed E-state index contributed by atoms with van der Waals surface area (Å²) in [6, 6.07) is 26.0. The molecule has 0 radical (unpaired) electrons. The Bertz CT molecular complexity index is 1790. The summed E-state index contributed by atoms with van der Waals surface area (Å²) >= 11 is 0. The quantitative estimate of drug-likeness (QED) is 0.247. The van der Waals surface area contributed by atoms with Crippen LogP contribution in [0, 0.1) is 0 Å². The Morgan fingerprint density at radius 3 is 2.18 bits per heavy atom. The van der Waals surface area contributed by atoms with Crippen LogP contribution in [0.15, 0.2) is 95.9 Å². The van der Waals surface area contributed by atoms with Gasteiger partial charge in [-0.1, -0.05) is 67.3 Å². The molecule has 0 saturated heterocycles. The van der Waals surface area contributed by atoms with Gasteiger partial charge in [0.2, 0.25) is 0 Å². The number of hydrogen-bond acceptors (Lipinski definition) is 4. The lowest BCUT2D eigenvalue weighted by molar-refractivity contribution is 0.0746. The molecule has 4 heteroatoms. The smallest absolute Gasteiger partial charge is 0.143 e. The van der Waals surface area contributed by atoms with E-state index in [0.717, 1.165) is 72.2 Å². The van der Waals surface area contributed by atoms with Crippen molar-refractivity contribution in [1.29, 1.82) is 0 Å². The molecule has 0 unspecified atom stereocenters. The molecule has 4 nitrogen and oxygen atoms in total. The van der Waals surface area contributed by atoms with Crippen LogP contribution in [0.5, 0.6) is 5.75 Å². The van der Waals surface area contributed by atoms with E-state index in [1.54, 1.807) is 27.7 Å². The van der Waals surface area contributed by atoms with E-state index in [-0.39, 0.29) is 0 Å². The van der Waals surface area contributed by atoms with Crippen LogP contribution in [0.4, 0.5) is 0 Å². The second kappa shape index (κ2) is 8.98. The lowest BCUT2D eigenvalue weighted by Gasteiger charge is -2.29. The van der Waals surface area contributed by atoms with Crippen molar-refractivity contribution in [2.75, 3.05) is 6.61 Å². The first-order valence-corrected chi connectivity index (χ1v) is 13.2. The fraction of sp³-hybridized carbons (Fsp3) is 0.200. The molecule has 196 valence electrons. The number of fused-ring (bicyclic) bond motifs is 4. The van der Waals surface area contributed by atoms with Crippen LogP contribution >= 0.6 is 0 Å². The summed E-state index contributed by atoms with van der Waals surface area (Å²) in [5, 5.41) is 25.0. The fourth-order valence-corrected chi connectivity index (χ4v) is 5.71. The van der Waals surface area contributed by atoms with Gasteiger partial charge in [-0.3, -0.25) is 0 Å². The maximum absolute atomic E-state index is 11.5. The predicted octanol–water partition coefficient (Wildman–Crippen LogP) is 8.20. The first kappa shape index (κ1) is 25.2. The van der Waals surface area contributed by atoms with Crippen LogP contribution < -0.4 is 4.74 Å². The third kappa shape index (κ3) is 4.17. The van der Waals surface area contributed by atoms with Gasteiger partial charge in [-0.05, 0) is 79.8 Å². The van der Waals surface area contributed by atoms with Crippen LogP contribution in [0.2, 0.25) is 0 Å². The number of ether oxygens (including phenoxy) is 1. The minimum absolute atomic E-state index is 0.407. The molecule has 0 amide bonds. The van der Waals surface area contributed by atoms with Gasteiger partial charge in [0.05, 0.1) is 11.2 Å². The van der Waals surface area contributed by atoms with Crippen molar-refractivity contribution in [3.63, 3.8) is 0 Å². The monoisotopic (exact) mass is 516 g/mol. The van der Waals surface area contributed by atoms with Crippen molar-refractivity contribution < 1.29 is 19.4 Å². The standard InChI is InChI=1S/C35H32O4/c1-6-21(28-20-38-31-16-9-7-13-23(28)31)26-18-30(35(4,5)37)27(19-29(26)34(2,3)36)25-15-11-14-24-22-12-8-10-17-32(22)39-33(24)25/h6-19,36-37H,1,20H2,2-5H3/b28-21-. The minimum atomic E-state index is -1.18. The number of hydrogen-bond donors (Lipinski definition) is 2. The summed E-state index contributed by atoms with van der Waals surface area (Å²) in [6.45, 7) is 11.7. The molecule has 2 N–H and O–H groups in total. The van der Waals surface area contributed by atoms with Crippen molar-refractivity contribution in [2.45, 2.75) is 38.9 Å². The van der Waals surface area contributed by atoms with Crippen LogP contribution in [0.3, 0.4) is 0 Å². The van der Waals surface area contributed by atoms with E-state index in [1.165, 1.54) is 0 Å². The van der Waals surface area contributed by atoms with Crippen LogP contribution in [-0.4, -0.2) is 16.8 Å². The van der Waals surface area contributed by atoms with E-state index >= 15 is 0 Å². The maximum Gasteiger partial charge on any atom is 0.143 e. The van der Waals surface area contributed by atoms with E-state index in [1.807, 2.05) is 72.8 Å².